The van der Waals surface area contributed by atoms with Crippen LogP contribution in [0.1, 0.15) is 54.4 Å². The summed E-state index contributed by atoms with van der Waals surface area (Å²) in [6.45, 7) is 5.99. The van der Waals surface area contributed by atoms with Gasteiger partial charge in [0.05, 0.1) is 11.4 Å². The molecule has 0 saturated heterocycles. The SMILES string of the molecule is Cc1cc(C)c(S(=O)(=O)N(CC(=O)N(C)Cc2ccccc2)C2CCCCC2)c(C)c1. The molecular formula is C25H34N2O3S. The molecule has 0 unspecified atom stereocenters. The van der Waals surface area contributed by atoms with Crippen molar-refractivity contribution in [1.29, 1.82) is 0 Å². The van der Waals surface area contributed by atoms with Gasteiger partial charge in [0.25, 0.3) is 0 Å². The molecule has 0 heterocycles. The van der Waals surface area contributed by atoms with Gasteiger partial charge in [-0.25, -0.2) is 8.42 Å². The van der Waals surface area contributed by atoms with E-state index in [-0.39, 0.29) is 18.5 Å². The largest absolute Gasteiger partial charge is 0.340 e. The molecule has 0 aromatic heterocycles. The van der Waals surface area contributed by atoms with Crippen molar-refractivity contribution in [2.45, 2.75) is 70.4 Å². The molecule has 0 spiro atoms. The first-order valence-electron chi connectivity index (χ1n) is 11.1. The number of amides is 1. The first kappa shape index (κ1) is 23.5. The van der Waals surface area contributed by atoms with Crippen molar-refractivity contribution in [3.05, 3.63) is 64.7 Å². The van der Waals surface area contributed by atoms with Crippen molar-refractivity contribution >= 4 is 15.9 Å². The highest BCUT2D eigenvalue weighted by Gasteiger charge is 2.36. The molecule has 0 bridgehead atoms. The normalized spacial score (nSPS) is 15.3. The molecule has 1 fully saturated rings. The van der Waals surface area contributed by atoms with Gasteiger partial charge in [-0.3, -0.25) is 4.79 Å². The number of hydrogen-bond donors (Lipinski definition) is 0. The van der Waals surface area contributed by atoms with Crippen LogP contribution >= 0.6 is 0 Å². The number of aryl methyl sites for hydroxylation is 3. The number of nitrogens with zero attached hydrogens (tertiary/aromatic N) is 2. The summed E-state index contributed by atoms with van der Waals surface area (Å²) in [7, 11) is -2.05. The van der Waals surface area contributed by atoms with Gasteiger partial charge in [0.2, 0.25) is 15.9 Å². The lowest BCUT2D eigenvalue weighted by Gasteiger charge is -2.34. The maximum Gasteiger partial charge on any atom is 0.244 e. The number of likely N-dealkylation sites (N-methyl/N-ethyl adjacent to an activating group) is 1. The van der Waals surface area contributed by atoms with Crippen molar-refractivity contribution < 1.29 is 13.2 Å². The maximum absolute atomic E-state index is 13.9. The third-order valence-corrected chi connectivity index (χ3v) is 8.34. The Labute approximate surface area is 187 Å². The summed E-state index contributed by atoms with van der Waals surface area (Å²) in [5.74, 6) is -0.180. The highest BCUT2D eigenvalue weighted by molar-refractivity contribution is 7.89. The molecule has 6 heteroatoms. The van der Waals surface area contributed by atoms with Crippen LogP contribution in [0.25, 0.3) is 0 Å². The molecule has 31 heavy (non-hydrogen) atoms. The van der Waals surface area contributed by atoms with Crippen LogP contribution in [0, 0.1) is 20.8 Å². The summed E-state index contributed by atoms with van der Waals surface area (Å²) >= 11 is 0. The van der Waals surface area contributed by atoms with E-state index in [2.05, 4.69) is 0 Å². The number of hydrogen-bond acceptors (Lipinski definition) is 3. The molecular weight excluding hydrogens is 408 g/mol. The van der Waals surface area contributed by atoms with E-state index >= 15 is 0 Å². The molecule has 2 aromatic carbocycles. The van der Waals surface area contributed by atoms with Gasteiger partial charge in [0.1, 0.15) is 0 Å². The van der Waals surface area contributed by atoms with Gasteiger partial charge in [0.15, 0.2) is 0 Å². The molecule has 168 valence electrons. The highest BCUT2D eigenvalue weighted by Crippen LogP contribution is 2.31. The average Bonchev–Trinajstić information content (AvgIpc) is 2.72. The fraction of sp³-hybridized carbons (Fsp3) is 0.480. The van der Waals surface area contributed by atoms with Crippen molar-refractivity contribution in [3.8, 4) is 0 Å². The minimum Gasteiger partial charge on any atom is -0.340 e. The van der Waals surface area contributed by atoms with E-state index in [1.165, 1.54) is 4.31 Å². The zero-order chi connectivity index (χ0) is 22.6. The van der Waals surface area contributed by atoms with Crippen LogP contribution in [-0.2, 0) is 21.4 Å². The Hall–Kier alpha value is -2.18. The average molecular weight is 443 g/mol. The first-order valence-corrected chi connectivity index (χ1v) is 12.5. The number of carbonyl (C=O) groups excluding carboxylic acids is 1. The summed E-state index contributed by atoms with van der Waals surface area (Å²) in [5, 5.41) is 0. The standard InChI is InChI=1S/C25H34N2O3S/c1-19-15-20(2)25(21(3)16-19)31(29,30)27(23-13-9-6-10-14-23)18-24(28)26(4)17-22-11-7-5-8-12-22/h5,7-8,11-12,15-16,23H,6,9-10,13-14,17-18H2,1-4H3. The molecule has 0 atom stereocenters. The molecule has 1 aliphatic carbocycles. The van der Waals surface area contributed by atoms with E-state index in [0.29, 0.717) is 11.4 Å². The van der Waals surface area contributed by atoms with Crippen LogP contribution in [-0.4, -0.2) is 43.2 Å². The Bertz CT molecular complexity index is 989. The summed E-state index contributed by atoms with van der Waals surface area (Å²) in [6, 6.07) is 13.4. The van der Waals surface area contributed by atoms with E-state index < -0.39 is 10.0 Å². The van der Waals surface area contributed by atoms with Gasteiger partial charge in [0, 0.05) is 19.6 Å². The lowest BCUT2D eigenvalue weighted by molar-refractivity contribution is -0.131. The van der Waals surface area contributed by atoms with Crippen molar-refractivity contribution in [2.75, 3.05) is 13.6 Å². The fourth-order valence-corrected chi connectivity index (χ4v) is 6.72. The zero-order valence-electron chi connectivity index (χ0n) is 19.1. The van der Waals surface area contributed by atoms with Crippen LogP contribution < -0.4 is 0 Å². The molecule has 0 N–H and O–H groups in total. The first-order chi connectivity index (χ1) is 14.7. The topological polar surface area (TPSA) is 57.7 Å². The van der Waals surface area contributed by atoms with Crippen LogP contribution in [0.15, 0.2) is 47.4 Å². The van der Waals surface area contributed by atoms with Crippen LogP contribution in [0.4, 0.5) is 0 Å². The lowest BCUT2D eigenvalue weighted by atomic mass is 9.95. The smallest absolute Gasteiger partial charge is 0.244 e. The molecule has 1 saturated carbocycles. The summed E-state index contributed by atoms with van der Waals surface area (Å²) in [5.41, 5.74) is 3.54. The minimum atomic E-state index is -3.79. The van der Waals surface area contributed by atoms with Gasteiger partial charge in [-0.05, 0) is 50.3 Å². The lowest BCUT2D eigenvalue weighted by Crippen LogP contribution is -2.47. The van der Waals surface area contributed by atoms with Crippen molar-refractivity contribution in [3.63, 3.8) is 0 Å². The highest BCUT2D eigenvalue weighted by atomic mass is 32.2. The van der Waals surface area contributed by atoms with Crippen molar-refractivity contribution in [1.82, 2.24) is 9.21 Å². The Morgan fingerprint density at radius 2 is 1.55 bits per heavy atom. The van der Waals surface area contributed by atoms with Gasteiger partial charge >= 0.3 is 0 Å². The Morgan fingerprint density at radius 3 is 2.13 bits per heavy atom. The van der Waals surface area contributed by atoms with Crippen LogP contribution in [0.3, 0.4) is 0 Å². The Kier molecular flexibility index (Phi) is 7.55. The van der Waals surface area contributed by atoms with Gasteiger partial charge < -0.3 is 4.90 Å². The molecule has 0 radical (unpaired) electrons. The Morgan fingerprint density at radius 1 is 0.968 bits per heavy atom. The fourth-order valence-electron chi connectivity index (χ4n) is 4.67. The summed E-state index contributed by atoms with van der Waals surface area (Å²) < 4.78 is 29.2. The third kappa shape index (κ3) is 5.55. The number of benzene rings is 2. The van der Waals surface area contributed by atoms with E-state index in [0.717, 1.165) is 54.4 Å². The molecule has 3 rings (SSSR count). The molecule has 1 amide bonds. The Balaban J connectivity index is 1.90. The number of rotatable bonds is 7. The summed E-state index contributed by atoms with van der Waals surface area (Å²) in [4.78, 5) is 15.1. The molecule has 0 aliphatic heterocycles. The maximum atomic E-state index is 13.9. The molecule has 1 aliphatic rings. The van der Waals surface area contributed by atoms with Gasteiger partial charge in [-0.15, -0.1) is 0 Å². The van der Waals surface area contributed by atoms with E-state index in [1.807, 2.05) is 63.2 Å². The minimum absolute atomic E-state index is 0.122. The van der Waals surface area contributed by atoms with Crippen LogP contribution in [0.5, 0.6) is 0 Å². The third-order valence-electron chi connectivity index (χ3n) is 6.13. The second-order valence-electron chi connectivity index (χ2n) is 8.81. The second kappa shape index (κ2) is 9.96. The predicted molar refractivity (Wildman–Crippen MR) is 124 cm³/mol. The number of sulfonamides is 1. The second-order valence-corrected chi connectivity index (χ2v) is 10.6. The van der Waals surface area contributed by atoms with Gasteiger partial charge in [-0.2, -0.15) is 4.31 Å². The summed E-state index contributed by atoms with van der Waals surface area (Å²) in [6.07, 6.45) is 4.72. The van der Waals surface area contributed by atoms with E-state index in [1.54, 1.807) is 11.9 Å². The van der Waals surface area contributed by atoms with E-state index in [9.17, 15) is 13.2 Å². The quantitative estimate of drug-likeness (QED) is 0.630. The van der Waals surface area contributed by atoms with Crippen molar-refractivity contribution in [2.24, 2.45) is 0 Å². The van der Waals surface area contributed by atoms with Gasteiger partial charge in [-0.1, -0.05) is 67.3 Å². The predicted octanol–water partition coefficient (Wildman–Crippen LogP) is 4.59. The number of carbonyl (C=O) groups is 1. The monoisotopic (exact) mass is 442 g/mol. The zero-order valence-corrected chi connectivity index (χ0v) is 19.9. The van der Waals surface area contributed by atoms with E-state index in [4.69, 9.17) is 0 Å². The molecule has 5 nitrogen and oxygen atoms in total. The van der Waals surface area contributed by atoms with Crippen LogP contribution in [0.2, 0.25) is 0 Å². The molecule has 2 aromatic rings.